The lowest BCUT2D eigenvalue weighted by atomic mass is 9.77. The smallest absolute Gasteiger partial charge is 0.223 e. The molecule has 0 spiro atoms. The first-order valence-electron chi connectivity index (χ1n) is 9.15. The van der Waals surface area contributed by atoms with Crippen LogP contribution in [-0.2, 0) is 17.9 Å². The Morgan fingerprint density at radius 1 is 1.33 bits per heavy atom. The molecule has 0 radical (unpaired) electrons. The molecule has 7 nitrogen and oxygen atoms in total. The highest BCUT2D eigenvalue weighted by molar-refractivity contribution is 7.13. The number of Topliss-reactive ketones (excluding diaryl/α,β-unsaturated/α-hetero) is 1. The summed E-state index contributed by atoms with van der Waals surface area (Å²) in [6, 6.07) is 0. The van der Waals surface area contributed by atoms with Gasteiger partial charge in [0.2, 0.25) is 5.91 Å². The van der Waals surface area contributed by atoms with E-state index in [0.29, 0.717) is 12.2 Å². The highest BCUT2D eigenvalue weighted by atomic mass is 32.1. The van der Waals surface area contributed by atoms with Crippen LogP contribution in [0.5, 0.6) is 0 Å². The van der Waals surface area contributed by atoms with Gasteiger partial charge in [-0.05, 0) is 12.5 Å². The summed E-state index contributed by atoms with van der Waals surface area (Å²) in [4.78, 5) is 36.8. The second-order valence-corrected chi connectivity index (χ2v) is 9.01. The Balaban J connectivity index is 1.98. The van der Waals surface area contributed by atoms with Crippen molar-refractivity contribution in [3.63, 3.8) is 0 Å². The van der Waals surface area contributed by atoms with Crippen LogP contribution in [0, 0.1) is 11.3 Å². The maximum atomic E-state index is 13.2. The maximum absolute atomic E-state index is 13.2. The third-order valence-electron chi connectivity index (χ3n) is 5.08. The number of amides is 1. The topological polar surface area (TPSA) is 80.1 Å². The Hall–Kier alpha value is -2.06. The molecule has 1 amide bonds. The van der Waals surface area contributed by atoms with E-state index < -0.39 is 5.92 Å². The summed E-state index contributed by atoms with van der Waals surface area (Å²) in [5.74, 6) is 0.155. The van der Waals surface area contributed by atoms with Crippen LogP contribution in [0.15, 0.2) is 11.6 Å². The number of carbonyl (C=O) groups excluding carboxylic acids is 2. The van der Waals surface area contributed by atoms with E-state index in [1.165, 1.54) is 11.3 Å². The lowest BCUT2D eigenvalue weighted by molar-refractivity contribution is -0.127. The number of hydrogen-bond acceptors (Lipinski definition) is 6. The molecule has 1 aliphatic rings. The van der Waals surface area contributed by atoms with E-state index in [9.17, 15) is 9.59 Å². The van der Waals surface area contributed by atoms with E-state index in [2.05, 4.69) is 19.8 Å². The quantitative estimate of drug-likeness (QED) is 0.795. The first-order chi connectivity index (χ1) is 12.7. The van der Waals surface area contributed by atoms with Gasteiger partial charge in [0.15, 0.2) is 16.6 Å². The molecular formula is C19H27N5O2S. The van der Waals surface area contributed by atoms with Crippen LogP contribution in [0.2, 0.25) is 0 Å². The Morgan fingerprint density at radius 3 is 2.67 bits per heavy atom. The Bertz CT molecular complexity index is 835. The second-order valence-electron chi connectivity index (χ2n) is 8.12. The van der Waals surface area contributed by atoms with Crippen LogP contribution in [0.3, 0.4) is 0 Å². The normalized spacial score (nSPS) is 16.0. The van der Waals surface area contributed by atoms with Crippen LogP contribution >= 0.6 is 11.3 Å². The van der Waals surface area contributed by atoms with Gasteiger partial charge in [0.05, 0.1) is 11.6 Å². The number of fused-ring (bicyclic) bond motifs is 1. The molecule has 2 aromatic heterocycles. The number of ketones is 1. The van der Waals surface area contributed by atoms with Crippen LogP contribution in [0.1, 0.15) is 43.4 Å². The molecule has 0 saturated heterocycles. The predicted octanol–water partition coefficient (Wildman–Crippen LogP) is 2.43. The van der Waals surface area contributed by atoms with Gasteiger partial charge in [-0.2, -0.15) is 0 Å². The SMILES string of the molecule is CNC(=O)[C@@H](CC(=O)c1nc(-c2nccs2)n2c1CN(C)CC2)C(C)(C)C. The lowest BCUT2D eigenvalue weighted by Crippen LogP contribution is -2.38. The van der Waals surface area contributed by atoms with Gasteiger partial charge < -0.3 is 9.88 Å². The number of nitrogens with one attached hydrogen (secondary N) is 1. The standard InChI is InChI=1S/C19H27N5O2S/c1-19(2,3)12(17(26)20-4)10-14(25)15-13-11-23(5)7-8-24(13)16(22-15)18-21-6-9-27-18/h6,9,12H,7-8,10-11H2,1-5H3,(H,20,26)/t12-/m1/s1. The number of imidazole rings is 1. The molecule has 0 fully saturated rings. The fraction of sp³-hybridized carbons (Fsp3) is 0.579. The molecule has 0 saturated carbocycles. The van der Waals surface area contributed by atoms with Crippen molar-refractivity contribution in [1.82, 2.24) is 24.8 Å². The van der Waals surface area contributed by atoms with Crippen LogP contribution in [0.25, 0.3) is 10.8 Å². The van der Waals surface area contributed by atoms with E-state index in [1.54, 1.807) is 13.2 Å². The highest BCUT2D eigenvalue weighted by Crippen LogP contribution is 2.32. The molecule has 0 bridgehead atoms. The van der Waals surface area contributed by atoms with Gasteiger partial charge in [0.25, 0.3) is 0 Å². The van der Waals surface area contributed by atoms with Crippen LogP contribution < -0.4 is 5.32 Å². The molecule has 1 N–H and O–H groups in total. The van der Waals surface area contributed by atoms with Gasteiger partial charge in [0, 0.05) is 44.7 Å². The summed E-state index contributed by atoms with van der Waals surface area (Å²) >= 11 is 1.52. The molecule has 0 aromatic carbocycles. The predicted molar refractivity (Wildman–Crippen MR) is 106 cm³/mol. The van der Waals surface area contributed by atoms with Gasteiger partial charge in [-0.25, -0.2) is 9.97 Å². The average Bonchev–Trinajstić information content (AvgIpc) is 3.24. The molecule has 146 valence electrons. The van der Waals surface area contributed by atoms with Crippen molar-refractivity contribution in [1.29, 1.82) is 0 Å². The summed E-state index contributed by atoms with van der Waals surface area (Å²) in [6.07, 6.45) is 1.90. The van der Waals surface area contributed by atoms with Gasteiger partial charge in [-0.3, -0.25) is 14.5 Å². The zero-order valence-electron chi connectivity index (χ0n) is 16.6. The fourth-order valence-electron chi connectivity index (χ4n) is 3.46. The van der Waals surface area contributed by atoms with Gasteiger partial charge in [-0.15, -0.1) is 11.3 Å². The number of likely N-dealkylation sites (N-methyl/N-ethyl adjacent to an activating group) is 1. The minimum atomic E-state index is -0.406. The Labute approximate surface area is 163 Å². The monoisotopic (exact) mass is 389 g/mol. The van der Waals surface area contributed by atoms with Gasteiger partial charge in [-0.1, -0.05) is 20.8 Å². The molecule has 3 heterocycles. The second kappa shape index (κ2) is 7.52. The summed E-state index contributed by atoms with van der Waals surface area (Å²) in [6.45, 7) is 8.30. The molecule has 2 aromatic rings. The van der Waals surface area contributed by atoms with Crippen molar-refractivity contribution < 1.29 is 9.59 Å². The molecule has 0 unspecified atom stereocenters. The van der Waals surface area contributed by atoms with Crippen LogP contribution in [0.4, 0.5) is 0 Å². The molecule has 8 heteroatoms. The number of nitrogens with zero attached hydrogens (tertiary/aromatic N) is 4. The van der Waals surface area contributed by atoms with Crippen molar-refractivity contribution in [3.05, 3.63) is 23.0 Å². The molecular weight excluding hydrogens is 362 g/mol. The van der Waals surface area contributed by atoms with Crippen molar-refractivity contribution in [2.24, 2.45) is 11.3 Å². The van der Waals surface area contributed by atoms with Gasteiger partial charge >= 0.3 is 0 Å². The minimum absolute atomic E-state index is 0.0830. The summed E-state index contributed by atoms with van der Waals surface area (Å²) in [5, 5.41) is 5.42. The largest absolute Gasteiger partial charge is 0.359 e. The van der Waals surface area contributed by atoms with Crippen molar-refractivity contribution in [2.75, 3.05) is 20.6 Å². The summed E-state index contributed by atoms with van der Waals surface area (Å²) in [5.41, 5.74) is 1.08. The number of carbonyl (C=O) groups is 2. The third-order valence-corrected chi connectivity index (χ3v) is 5.85. The number of hydrogen-bond donors (Lipinski definition) is 1. The summed E-state index contributed by atoms with van der Waals surface area (Å²) in [7, 11) is 3.65. The third kappa shape index (κ3) is 3.96. The molecule has 1 atom stereocenters. The Kier molecular flexibility index (Phi) is 5.48. The van der Waals surface area contributed by atoms with Crippen LogP contribution in [-0.4, -0.2) is 51.8 Å². The van der Waals surface area contributed by atoms with E-state index >= 15 is 0 Å². The maximum Gasteiger partial charge on any atom is 0.223 e. The first-order valence-corrected chi connectivity index (χ1v) is 10.0. The molecule has 1 aliphatic heterocycles. The van der Waals surface area contributed by atoms with Gasteiger partial charge in [0.1, 0.15) is 5.69 Å². The zero-order valence-corrected chi connectivity index (χ0v) is 17.4. The lowest BCUT2D eigenvalue weighted by Gasteiger charge is -2.29. The van der Waals surface area contributed by atoms with E-state index in [0.717, 1.165) is 29.6 Å². The minimum Gasteiger partial charge on any atom is -0.359 e. The van der Waals surface area contributed by atoms with Crippen molar-refractivity contribution in [3.8, 4) is 10.8 Å². The highest BCUT2D eigenvalue weighted by Gasteiger charge is 2.35. The molecule has 0 aliphatic carbocycles. The van der Waals surface area contributed by atoms with E-state index in [4.69, 9.17) is 4.98 Å². The van der Waals surface area contributed by atoms with Crippen molar-refractivity contribution >= 4 is 23.0 Å². The van der Waals surface area contributed by atoms with E-state index in [1.807, 2.05) is 33.2 Å². The first kappa shape index (κ1) is 19.7. The fourth-order valence-corrected chi connectivity index (χ4v) is 4.10. The Morgan fingerprint density at radius 2 is 2.07 bits per heavy atom. The number of rotatable bonds is 5. The number of aromatic nitrogens is 3. The molecule has 3 rings (SSSR count). The summed E-state index contributed by atoms with van der Waals surface area (Å²) < 4.78 is 2.11. The van der Waals surface area contributed by atoms with Crippen molar-refractivity contribution in [2.45, 2.75) is 40.3 Å². The number of thiazole rings is 1. The average molecular weight is 390 g/mol. The zero-order chi connectivity index (χ0) is 19.8. The van der Waals surface area contributed by atoms with E-state index in [-0.39, 0.29) is 23.5 Å². The molecule has 27 heavy (non-hydrogen) atoms.